The van der Waals surface area contributed by atoms with Crippen molar-refractivity contribution in [3.8, 4) is 11.5 Å². The molecular formula is C22H33N2O5P. The summed E-state index contributed by atoms with van der Waals surface area (Å²) < 4.78 is 30.9. The summed E-state index contributed by atoms with van der Waals surface area (Å²) in [5.74, 6) is 0.936. The van der Waals surface area contributed by atoms with Crippen molar-refractivity contribution >= 4 is 13.4 Å². The number of nitrogens with one attached hydrogen (secondary N) is 1. The Kier molecular flexibility index (Phi) is 7.92. The molecule has 2 aromatic rings. The fraction of sp³-hybridized carbons (Fsp3) is 0.500. The summed E-state index contributed by atoms with van der Waals surface area (Å²) in [5, 5.41) is 12.6. The Bertz CT molecular complexity index is 934. The molecule has 0 fully saturated rings. The van der Waals surface area contributed by atoms with E-state index in [4.69, 9.17) is 13.8 Å². The van der Waals surface area contributed by atoms with Crippen LogP contribution in [0.15, 0.2) is 24.4 Å². The van der Waals surface area contributed by atoms with Gasteiger partial charge in [0.15, 0.2) is 16.8 Å². The molecule has 1 heterocycles. The van der Waals surface area contributed by atoms with Crippen LogP contribution in [0.2, 0.25) is 0 Å². The Labute approximate surface area is 179 Å². The monoisotopic (exact) mass is 436 g/mol. The zero-order valence-corrected chi connectivity index (χ0v) is 19.8. The number of aromatic nitrogens is 1. The van der Waals surface area contributed by atoms with Crippen LogP contribution in [0.4, 0.5) is 5.82 Å². The second-order valence-electron chi connectivity index (χ2n) is 7.28. The first-order valence-corrected chi connectivity index (χ1v) is 11.6. The predicted octanol–water partition coefficient (Wildman–Crippen LogP) is 5.66. The van der Waals surface area contributed by atoms with E-state index in [1.54, 1.807) is 32.2 Å². The van der Waals surface area contributed by atoms with Gasteiger partial charge in [0, 0.05) is 13.3 Å². The number of aryl methyl sites for hydroxylation is 2. The quantitative estimate of drug-likeness (QED) is 0.464. The highest BCUT2D eigenvalue weighted by Crippen LogP contribution is 2.66. The summed E-state index contributed by atoms with van der Waals surface area (Å²) in [6.07, 6.45) is 2.85. The molecule has 0 spiro atoms. The smallest absolute Gasteiger partial charge is 0.360 e. The van der Waals surface area contributed by atoms with Crippen molar-refractivity contribution in [3.05, 3.63) is 46.6 Å². The van der Waals surface area contributed by atoms with E-state index in [0.29, 0.717) is 35.5 Å². The van der Waals surface area contributed by atoms with Crippen LogP contribution >= 0.6 is 7.60 Å². The Morgan fingerprint density at radius 1 is 1.17 bits per heavy atom. The first kappa shape index (κ1) is 24.2. The first-order valence-electron chi connectivity index (χ1n) is 10.1. The topological polar surface area (TPSA) is 89.9 Å². The average molecular weight is 436 g/mol. The summed E-state index contributed by atoms with van der Waals surface area (Å²) in [6.45, 7) is 9.72. The maximum atomic E-state index is 14.2. The summed E-state index contributed by atoms with van der Waals surface area (Å²) in [7, 11) is -0.857. The molecule has 30 heavy (non-hydrogen) atoms. The minimum Gasteiger partial charge on any atom is -0.504 e. The van der Waals surface area contributed by atoms with Crippen molar-refractivity contribution in [2.45, 2.75) is 52.7 Å². The van der Waals surface area contributed by atoms with Gasteiger partial charge in [0.05, 0.1) is 13.7 Å². The molecule has 0 radical (unpaired) electrons. The van der Waals surface area contributed by atoms with E-state index in [9.17, 15) is 9.67 Å². The van der Waals surface area contributed by atoms with Crippen molar-refractivity contribution in [1.29, 1.82) is 0 Å². The number of benzene rings is 1. The van der Waals surface area contributed by atoms with Crippen LogP contribution in [-0.4, -0.2) is 30.9 Å². The number of nitrogens with zero attached hydrogens (tertiary/aromatic N) is 1. The molecule has 0 aliphatic rings. The molecule has 0 amide bonds. The number of rotatable bonds is 10. The number of methoxy groups -OCH3 is 1. The minimum atomic E-state index is -3.73. The van der Waals surface area contributed by atoms with Gasteiger partial charge >= 0.3 is 7.60 Å². The van der Waals surface area contributed by atoms with E-state index in [0.717, 1.165) is 11.1 Å². The van der Waals surface area contributed by atoms with Crippen LogP contribution < -0.4 is 10.1 Å². The van der Waals surface area contributed by atoms with Crippen molar-refractivity contribution in [1.82, 2.24) is 4.98 Å². The van der Waals surface area contributed by atoms with E-state index in [1.165, 1.54) is 14.2 Å². The van der Waals surface area contributed by atoms with Gasteiger partial charge in [0.1, 0.15) is 5.82 Å². The molecule has 1 aromatic heterocycles. The molecule has 1 aromatic carbocycles. The standard InChI is InChI=1S/C22H33N2O5P/c1-8-11-22(30(26,28-7)29-9-2,24-21-17(5)15(3)10-12-23-21)18-13-16(4)20(25)19(14-18)27-6/h10,12-14,25H,8-9,11H2,1-7H3,(H,23,24). The van der Waals surface area contributed by atoms with Crippen LogP contribution in [0.1, 0.15) is 48.9 Å². The average Bonchev–Trinajstić information content (AvgIpc) is 2.72. The number of anilines is 1. The van der Waals surface area contributed by atoms with Crippen LogP contribution in [0, 0.1) is 20.8 Å². The van der Waals surface area contributed by atoms with Crippen molar-refractivity contribution in [3.63, 3.8) is 0 Å². The van der Waals surface area contributed by atoms with E-state index in [2.05, 4.69) is 10.3 Å². The number of aromatic hydroxyl groups is 1. The highest BCUT2D eigenvalue weighted by molar-refractivity contribution is 7.55. The molecule has 2 unspecified atom stereocenters. The van der Waals surface area contributed by atoms with Gasteiger partial charge in [0.2, 0.25) is 0 Å². The van der Waals surface area contributed by atoms with E-state index in [-0.39, 0.29) is 12.4 Å². The van der Waals surface area contributed by atoms with Gasteiger partial charge in [-0.05, 0) is 74.6 Å². The van der Waals surface area contributed by atoms with Crippen molar-refractivity contribution < 1.29 is 23.5 Å². The molecule has 0 saturated heterocycles. The molecule has 0 aliphatic carbocycles. The number of hydrogen-bond acceptors (Lipinski definition) is 7. The number of pyridine rings is 1. The predicted molar refractivity (Wildman–Crippen MR) is 120 cm³/mol. The van der Waals surface area contributed by atoms with Crippen LogP contribution in [0.3, 0.4) is 0 Å². The molecule has 2 N–H and O–H groups in total. The highest BCUT2D eigenvalue weighted by Gasteiger charge is 2.52. The second-order valence-corrected chi connectivity index (χ2v) is 9.66. The largest absolute Gasteiger partial charge is 0.504 e. The summed E-state index contributed by atoms with van der Waals surface area (Å²) >= 11 is 0. The third kappa shape index (κ3) is 4.34. The Morgan fingerprint density at radius 3 is 2.43 bits per heavy atom. The van der Waals surface area contributed by atoms with Crippen molar-refractivity contribution in [2.24, 2.45) is 0 Å². The second kappa shape index (κ2) is 9.82. The number of phenols is 1. The minimum absolute atomic E-state index is 0.0418. The van der Waals surface area contributed by atoms with Crippen LogP contribution in [0.5, 0.6) is 11.5 Å². The molecule has 7 nitrogen and oxygen atoms in total. The van der Waals surface area contributed by atoms with Gasteiger partial charge in [-0.15, -0.1) is 0 Å². The maximum Gasteiger partial charge on any atom is 0.360 e. The van der Waals surface area contributed by atoms with Crippen LogP contribution in [0.25, 0.3) is 0 Å². The van der Waals surface area contributed by atoms with E-state index < -0.39 is 12.9 Å². The van der Waals surface area contributed by atoms with E-state index >= 15 is 0 Å². The van der Waals surface area contributed by atoms with Crippen LogP contribution in [-0.2, 0) is 18.9 Å². The molecule has 2 rings (SSSR count). The Hall–Kier alpha value is -2.08. The molecule has 0 saturated carbocycles. The maximum absolute atomic E-state index is 14.2. The first-order chi connectivity index (χ1) is 14.2. The Morgan fingerprint density at radius 2 is 1.87 bits per heavy atom. The fourth-order valence-corrected chi connectivity index (χ4v) is 5.75. The molecule has 0 bridgehead atoms. The number of ether oxygens (including phenoxy) is 1. The summed E-state index contributed by atoms with van der Waals surface area (Å²) in [4.78, 5) is 4.50. The fourth-order valence-electron chi connectivity index (χ4n) is 3.59. The molecule has 0 aliphatic heterocycles. The Balaban J connectivity index is 2.86. The third-order valence-corrected chi connectivity index (χ3v) is 7.99. The number of phenolic OH excluding ortho intramolecular Hbond substituents is 1. The van der Waals surface area contributed by atoms with Gasteiger partial charge in [-0.2, -0.15) is 0 Å². The lowest BCUT2D eigenvalue weighted by molar-refractivity contribution is 0.218. The normalized spacial score (nSPS) is 15.3. The lowest BCUT2D eigenvalue weighted by Crippen LogP contribution is -2.37. The molecule has 166 valence electrons. The molecule has 8 heteroatoms. The van der Waals surface area contributed by atoms with Gasteiger partial charge < -0.3 is 24.2 Å². The molecular weight excluding hydrogens is 403 g/mol. The van der Waals surface area contributed by atoms with Gasteiger partial charge in [-0.1, -0.05) is 13.3 Å². The molecule has 2 atom stereocenters. The lowest BCUT2D eigenvalue weighted by Gasteiger charge is -2.40. The van der Waals surface area contributed by atoms with Gasteiger partial charge in [-0.3, -0.25) is 4.57 Å². The van der Waals surface area contributed by atoms with Gasteiger partial charge in [0.25, 0.3) is 0 Å². The summed E-state index contributed by atoms with van der Waals surface area (Å²) in [6, 6.07) is 5.39. The van der Waals surface area contributed by atoms with Crippen molar-refractivity contribution in [2.75, 3.05) is 26.1 Å². The number of hydrogen-bond donors (Lipinski definition) is 2. The third-order valence-electron chi connectivity index (χ3n) is 5.38. The van der Waals surface area contributed by atoms with Gasteiger partial charge in [-0.25, -0.2) is 4.98 Å². The van der Waals surface area contributed by atoms with E-state index in [1.807, 2.05) is 26.8 Å². The zero-order valence-electron chi connectivity index (χ0n) is 18.9. The highest BCUT2D eigenvalue weighted by atomic mass is 31.2. The lowest BCUT2D eigenvalue weighted by atomic mass is 9.97. The zero-order chi connectivity index (χ0) is 22.5. The summed E-state index contributed by atoms with van der Waals surface area (Å²) in [5.41, 5.74) is 3.23. The SMILES string of the molecule is CCCC(Nc1nccc(C)c1C)(c1cc(C)c(O)c(OC)c1)P(=O)(OC)OCC.